The minimum Gasteiger partial charge on any atom is -0.457 e. The van der Waals surface area contributed by atoms with Crippen LogP contribution in [-0.2, 0) is 19.9 Å². The van der Waals surface area contributed by atoms with E-state index in [1.165, 1.54) is 42.2 Å². The van der Waals surface area contributed by atoms with Gasteiger partial charge in [0.1, 0.15) is 22.4 Å². The summed E-state index contributed by atoms with van der Waals surface area (Å²) < 4.78 is 35.5. The van der Waals surface area contributed by atoms with Crippen molar-refractivity contribution in [3.8, 4) is 34.1 Å². The van der Waals surface area contributed by atoms with Crippen molar-refractivity contribution in [1.29, 1.82) is 0 Å². The van der Waals surface area contributed by atoms with Crippen molar-refractivity contribution < 1.29 is 42.5 Å². The molecule has 70 heavy (non-hydrogen) atoms. The van der Waals surface area contributed by atoms with Crippen molar-refractivity contribution in [1.82, 2.24) is 4.90 Å². The monoisotopic (exact) mass is 954 g/mol. The molecule has 0 saturated heterocycles. The summed E-state index contributed by atoms with van der Waals surface area (Å²) in [5.41, 5.74) is 3.65. The summed E-state index contributed by atoms with van der Waals surface area (Å²) in [4.78, 5) is 71.8. The van der Waals surface area contributed by atoms with Crippen LogP contribution in [-0.4, -0.2) is 40.0 Å². The van der Waals surface area contributed by atoms with Crippen molar-refractivity contribution in [2.45, 2.75) is 97.2 Å². The number of carbonyl (C=O) groups is 5. The Hall–Kier alpha value is -7.36. The van der Waals surface area contributed by atoms with Gasteiger partial charge in [0, 0.05) is 16.7 Å². The van der Waals surface area contributed by atoms with Crippen LogP contribution in [0.1, 0.15) is 139 Å². The highest BCUT2D eigenvalue weighted by atomic mass is 31.2. The van der Waals surface area contributed by atoms with E-state index in [4.69, 9.17) is 14.0 Å². The Morgan fingerprint density at radius 1 is 0.600 bits per heavy atom. The Morgan fingerprint density at radius 3 is 1.74 bits per heavy atom. The number of ether oxygens (including phenoxy) is 2. The molecule has 0 spiro atoms. The minimum absolute atomic E-state index is 0.0235. The summed E-state index contributed by atoms with van der Waals surface area (Å²) in [7, 11) is -4.07. The highest BCUT2D eigenvalue weighted by Gasteiger charge is 2.54. The third kappa shape index (κ3) is 7.32. The molecule has 12 heteroatoms. The van der Waals surface area contributed by atoms with E-state index in [2.05, 4.69) is 39.5 Å². The van der Waals surface area contributed by atoms with Gasteiger partial charge in [0.15, 0.2) is 5.75 Å². The van der Waals surface area contributed by atoms with Crippen LogP contribution in [0.15, 0.2) is 140 Å². The van der Waals surface area contributed by atoms with Gasteiger partial charge in [-0.05, 0) is 135 Å². The maximum absolute atomic E-state index is 16.5. The van der Waals surface area contributed by atoms with Crippen molar-refractivity contribution >= 4 is 48.0 Å². The average molecular weight is 955 g/mol. The molecule has 0 fully saturated rings. The summed E-state index contributed by atoms with van der Waals surface area (Å²) >= 11 is 0. The number of para-hydroxylation sites is 1. The molecule has 0 aromatic heterocycles. The number of esters is 1. The lowest BCUT2D eigenvalue weighted by Crippen LogP contribution is -2.48. The second-order valence-corrected chi connectivity index (χ2v) is 21.7. The van der Waals surface area contributed by atoms with Gasteiger partial charge in [0.2, 0.25) is 0 Å². The molecular formula is C58H55N2O9P. The number of nitrogens with zero attached hydrogens (tertiary/aromatic N) is 2. The summed E-state index contributed by atoms with van der Waals surface area (Å²) in [6.07, 6.45) is 3.00. The van der Waals surface area contributed by atoms with Gasteiger partial charge in [-0.15, -0.1) is 0 Å². The highest BCUT2D eigenvalue weighted by Crippen LogP contribution is 2.69. The normalized spacial score (nSPS) is 17.0. The number of fused-ring (bicyclic) bond motifs is 5. The molecule has 0 bridgehead atoms. The van der Waals surface area contributed by atoms with Crippen LogP contribution in [0.4, 0.5) is 5.69 Å². The lowest BCUT2D eigenvalue weighted by Gasteiger charge is -2.42. The van der Waals surface area contributed by atoms with Gasteiger partial charge in [0.25, 0.3) is 31.0 Å². The largest absolute Gasteiger partial charge is 0.457 e. The molecule has 0 N–H and O–H groups in total. The van der Waals surface area contributed by atoms with Gasteiger partial charge in [-0.3, -0.25) is 28.6 Å². The van der Waals surface area contributed by atoms with Gasteiger partial charge >= 0.3 is 5.97 Å². The fourth-order valence-electron chi connectivity index (χ4n) is 9.86. The van der Waals surface area contributed by atoms with Crippen molar-refractivity contribution in [2.75, 3.05) is 4.90 Å². The second kappa shape index (κ2) is 17.6. The van der Waals surface area contributed by atoms with E-state index in [1.54, 1.807) is 30.3 Å². The van der Waals surface area contributed by atoms with E-state index < -0.39 is 41.8 Å². The summed E-state index contributed by atoms with van der Waals surface area (Å²) in [5.74, 6) is -2.20. The van der Waals surface area contributed by atoms with Crippen molar-refractivity contribution in [3.05, 3.63) is 178 Å². The number of hydrogen-bond donors (Lipinski definition) is 0. The molecule has 11 nitrogen and oxygen atoms in total. The maximum atomic E-state index is 16.5. The number of imide groups is 2. The van der Waals surface area contributed by atoms with E-state index in [1.807, 2.05) is 82.3 Å². The molecule has 3 heterocycles. The fourth-order valence-corrected chi connectivity index (χ4v) is 12.8. The summed E-state index contributed by atoms with van der Waals surface area (Å²) in [5, 5.41) is -0.950. The molecule has 2 atom stereocenters. The standard InChI is InChI=1S/C58H55N2O9P/c1-10-56(7,11-2)36-22-24-37(25-23-36)58(9,70(66)50-21-17-15-19-42(50)41-18-14-16-20-48(41)69-70)38-26-31-47(49(32-38)68-55(65)35(5)6)59-51(61)43-29-27-39(33-45(43)52(59)62)67-40-28-30-44-46(34-40)54(64)60(53(44)63)57(8,12-3)13-4/h14-34H,5,10-13H2,1-4,6-9H3. The number of benzene rings is 6. The lowest BCUT2D eigenvalue weighted by atomic mass is 9.77. The Balaban J connectivity index is 1.13. The zero-order valence-corrected chi connectivity index (χ0v) is 41.6. The average Bonchev–Trinajstić information content (AvgIpc) is 3.78. The van der Waals surface area contributed by atoms with Crippen LogP contribution in [0.3, 0.4) is 0 Å². The Kier molecular flexibility index (Phi) is 12.0. The highest BCUT2D eigenvalue weighted by molar-refractivity contribution is 7.69. The van der Waals surface area contributed by atoms with Crippen LogP contribution in [0, 0.1) is 0 Å². The second-order valence-electron chi connectivity index (χ2n) is 19.0. The Morgan fingerprint density at radius 2 is 1.13 bits per heavy atom. The Labute approximate surface area is 408 Å². The number of anilines is 1. The predicted molar refractivity (Wildman–Crippen MR) is 271 cm³/mol. The van der Waals surface area contributed by atoms with E-state index >= 15 is 4.57 Å². The SMILES string of the molecule is C=C(C)C(=O)Oc1cc(C(C)(c2ccc(C(C)(CC)CC)cc2)P2(=O)Oc3ccccc3-c3ccccc32)ccc1N1C(=O)c2ccc(Oc3ccc4c(c3)C(=O)N(C(C)(CC)CC)C4=O)cc2C1=O. The van der Waals surface area contributed by atoms with Crippen LogP contribution < -0.4 is 24.2 Å². The van der Waals surface area contributed by atoms with Gasteiger partial charge in [0.05, 0.1) is 33.2 Å². The lowest BCUT2D eigenvalue weighted by molar-refractivity contribution is -0.130. The first kappa shape index (κ1) is 47.7. The third-order valence-electron chi connectivity index (χ3n) is 15.2. The quantitative estimate of drug-likeness (QED) is 0.0343. The first-order valence-electron chi connectivity index (χ1n) is 23.7. The molecule has 2 unspecified atom stereocenters. The molecule has 6 aromatic rings. The zero-order chi connectivity index (χ0) is 50.1. The number of carbonyl (C=O) groups excluding carboxylic acids is 5. The molecular weight excluding hydrogens is 900 g/mol. The van der Waals surface area contributed by atoms with Gasteiger partial charge in [-0.25, -0.2) is 9.69 Å². The molecule has 0 aliphatic carbocycles. The number of rotatable bonds is 14. The molecule has 356 valence electrons. The third-order valence-corrected chi connectivity index (χ3v) is 18.4. The van der Waals surface area contributed by atoms with Gasteiger partial charge in [-0.1, -0.05) is 108 Å². The molecule has 9 rings (SSSR count). The smallest absolute Gasteiger partial charge is 0.338 e. The van der Waals surface area contributed by atoms with Crippen LogP contribution >= 0.6 is 7.37 Å². The molecule has 4 amide bonds. The van der Waals surface area contributed by atoms with Crippen molar-refractivity contribution in [2.24, 2.45) is 0 Å². The van der Waals surface area contributed by atoms with Crippen LogP contribution in [0.5, 0.6) is 23.0 Å². The van der Waals surface area contributed by atoms with E-state index in [-0.39, 0.29) is 62.1 Å². The first-order valence-corrected chi connectivity index (χ1v) is 25.4. The molecule has 6 aromatic carbocycles. The molecule has 3 aliphatic rings. The summed E-state index contributed by atoms with van der Waals surface area (Å²) in [6, 6.07) is 36.9. The minimum atomic E-state index is -4.07. The maximum Gasteiger partial charge on any atom is 0.338 e. The Bertz CT molecular complexity index is 3260. The van der Waals surface area contributed by atoms with Crippen LogP contribution in [0.25, 0.3) is 11.1 Å². The molecule has 3 aliphatic heterocycles. The van der Waals surface area contributed by atoms with Crippen LogP contribution in [0.2, 0.25) is 0 Å². The fraction of sp³-hybridized carbons (Fsp3) is 0.259. The topological polar surface area (TPSA) is 137 Å². The first-order chi connectivity index (χ1) is 33.4. The predicted octanol–water partition coefficient (Wildman–Crippen LogP) is 12.9. The molecule has 0 saturated carbocycles. The molecule has 0 radical (unpaired) electrons. The summed E-state index contributed by atoms with van der Waals surface area (Å²) in [6.45, 7) is 19.4. The van der Waals surface area contributed by atoms with Gasteiger partial charge < -0.3 is 14.0 Å². The zero-order valence-electron chi connectivity index (χ0n) is 40.7. The van der Waals surface area contributed by atoms with E-state index in [0.717, 1.165) is 34.4 Å². The van der Waals surface area contributed by atoms with Gasteiger partial charge in [-0.2, -0.15) is 0 Å². The van der Waals surface area contributed by atoms with E-state index in [0.29, 0.717) is 35.0 Å². The van der Waals surface area contributed by atoms with E-state index in [9.17, 15) is 24.0 Å². The van der Waals surface area contributed by atoms with Crippen molar-refractivity contribution in [3.63, 3.8) is 0 Å². The number of hydrogen-bond acceptors (Lipinski definition) is 9. The number of amides is 4.